The highest BCUT2D eigenvalue weighted by molar-refractivity contribution is 5.87. The molecular weight excluding hydrogens is 474 g/mol. The number of rotatable bonds is 3. The zero-order chi connectivity index (χ0) is 26.8. The van der Waals surface area contributed by atoms with Crippen LogP contribution in [0, 0.1) is 16.7 Å². The Bertz CT molecular complexity index is 1170. The number of carbonyl (C=O) groups excluding carboxylic acids is 1. The minimum atomic E-state index is -2.77. The summed E-state index contributed by atoms with van der Waals surface area (Å²) in [4.78, 5) is 15.9. The number of esters is 1. The molecule has 1 aromatic rings. The van der Waals surface area contributed by atoms with Crippen LogP contribution in [0.3, 0.4) is 0 Å². The molecule has 11 unspecified atom stereocenters. The molecule has 11 atom stereocenters. The van der Waals surface area contributed by atoms with Crippen molar-refractivity contribution < 1.29 is 50.0 Å². The van der Waals surface area contributed by atoms with Crippen molar-refractivity contribution in [2.24, 2.45) is 16.7 Å². The molecule has 6 bridgehead atoms. The van der Waals surface area contributed by atoms with Crippen LogP contribution in [0.25, 0.3) is 0 Å². The second-order valence-electron chi connectivity index (χ2n) is 12.7. The van der Waals surface area contributed by atoms with Crippen molar-refractivity contribution in [1.82, 2.24) is 4.98 Å². The zero-order valence-electron chi connectivity index (χ0n) is 20.9. The van der Waals surface area contributed by atoms with Crippen molar-refractivity contribution in [3.63, 3.8) is 0 Å². The first kappa shape index (κ1) is 24.7. The smallest absolute Gasteiger partial charge is 0.355 e. The van der Waals surface area contributed by atoms with E-state index in [4.69, 9.17) is 9.47 Å². The third-order valence-corrected chi connectivity index (χ3v) is 11.4. The molecule has 200 valence electrons. The second kappa shape index (κ2) is 6.02. The van der Waals surface area contributed by atoms with Gasteiger partial charge < -0.3 is 50.2 Å². The highest BCUT2D eigenvalue weighted by Crippen LogP contribution is 2.90. The number of aromatic amines is 1. The maximum Gasteiger partial charge on any atom is 0.355 e. The number of aliphatic hydroxyl groups excluding tert-OH is 1. The highest BCUT2D eigenvalue weighted by Gasteiger charge is 3.10. The Kier molecular flexibility index (Phi) is 4.14. The molecule has 4 aliphatic carbocycles. The molecule has 2 saturated heterocycles. The maximum absolute atomic E-state index is 13.2. The standard InChI is InChI=1S/C25H35NO10/c1-12(2)22(32)16(35-14(27)13-7-6-10-26-13)23(33)18(4)11-21(31)19(22,5)25(23,34)24(36-21)15(28)17(3,29)8-9-20(18,24)30/h6-7,10,12,15-16,26,28-34H,8-9,11H2,1-5H3. The number of nitrogens with one attached hydrogen (secondary N) is 1. The molecule has 0 aromatic carbocycles. The number of carbonyl (C=O) groups is 1. The van der Waals surface area contributed by atoms with Crippen molar-refractivity contribution in [3.05, 3.63) is 24.0 Å². The summed E-state index contributed by atoms with van der Waals surface area (Å²) in [6.07, 6.45) is -3.09. The van der Waals surface area contributed by atoms with Gasteiger partial charge in [0.05, 0.1) is 11.0 Å². The Hall–Kier alpha value is -1.57. The van der Waals surface area contributed by atoms with Gasteiger partial charge in [0.15, 0.2) is 17.5 Å². The SMILES string of the molecule is CC(C)C1(O)C(OC(=O)c2ccc[nH]2)C2(O)C3(C)CC4(O)OC5(C(O)C(C)(O)CCC35O)C2(O)C41C. The van der Waals surface area contributed by atoms with E-state index in [0.29, 0.717) is 0 Å². The quantitative estimate of drug-likeness (QED) is 0.233. The molecule has 1 spiro atoms. The minimum Gasteiger partial charge on any atom is -0.451 e. The topological polar surface area (TPSA) is 193 Å². The molecule has 0 amide bonds. The molecule has 8 N–H and O–H groups in total. The molecular formula is C25H35NO10. The fourth-order valence-corrected chi connectivity index (χ4v) is 9.54. The monoisotopic (exact) mass is 509 g/mol. The van der Waals surface area contributed by atoms with E-state index in [1.807, 2.05) is 0 Å². The first-order valence-corrected chi connectivity index (χ1v) is 12.4. The van der Waals surface area contributed by atoms with Gasteiger partial charge in [0.25, 0.3) is 0 Å². The summed E-state index contributed by atoms with van der Waals surface area (Å²) in [5, 5.41) is 85.0. The fourth-order valence-electron chi connectivity index (χ4n) is 9.54. The molecule has 6 aliphatic rings. The lowest BCUT2D eigenvalue weighted by Gasteiger charge is -2.61. The maximum atomic E-state index is 13.2. The van der Waals surface area contributed by atoms with Crippen molar-refractivity contribution in [2.75, 3.05) is 0 Å². The van der Waals surface area contributed by atoms with Gasteiger partial charge in [-0.25, -0.2) is 4.79 Å². The zero-order valence-corrected chi connectivity index (χ0v) is 20.9. The predicted octanol–water partition coefficient (Wildman–Crippen LogP) is -1.07. The van der Waals surface area contributed by atoms with Crippen molar-refractivity contribution >= 4 is 5.97 Å². The predicted molar refractivity (Wildman–Crippen MR) is 120 cm³/mol. The second-order valence-corrected chi connectivity index (χ2v) is 12.7. The molecule has 3 heterocycles. The molecule has 7 rings (SSSR count). The van der Waals surface area contributed by atoms with E-state index < -0.39 is 80.7 Å². The lowest BCUT2D eigenvalue weighted by Crippen LogP contribution is -2.78. The van der Waals surface area contributed by atoms with E-state index >= 15 is 0 Å². The van der Waals surface area contributed by atoms with Crippen molar-refractivity contribution in [2.45, 2.75) is 105 Å². The molecule has 1 aromatic heterocycles. The van der Waals surface area contributed by atoms with Gasteiger partial charge in [0, 0.05) is 18.0 Å². The van der Waals surface area contributed by atoms with Gasteiger partial charge >= 0.3 is 5.97 Å². The van der Waals surface area contributed by atoms with Crippen LogP contribution in [-0.2, 0) is 9.47 Å². The molecule has 2 aliphatic heterocycles. The van der Waals surface area contributed by atoms with E-state index in [0.717, 1.165) is 0 Å². The van der Waals surface area contributed by atoms with Crippen LogP contribution < -0.4 is 0 Å². The molecule has 4 saturated carbocycles. The van der Waals surface area contributed by atoms with Gasteiger partial charge in [-0.1, -0.05) is 20.8 Å². The Morgan fingerprint density at radius 3 is 2.31 bits per heavy atom. The van der Waals surface area contributed by atoms with Gasteiger partial charge in [-0.3, -0.25) is 0 Å². The normalized spacial score (nSPS) is 60.6. The van der Waals surface area contributed by atoms with Crippen LogP contribution in [0.4, 0.5) is 0 Å². The summed E-state index contributed by atoms with van der Waals surface area (Å²) in [5.41, 5.74) is -18.3. The average molecular weight is 510 g/mol. The number of H-pyrrole nitrogens is 1. The van der Waals surface area contributed by atoms with Crippen molar-refractivity contribution in [3.8, 4) is 0 Å². The average Bonchev–Trinajstić information content (AvgIpc) is 3.41. The minimum absolute atomic E-state index is 0.0261. The van der Waals surface area contributed by atoms with E-state index in [1.54, 1.807) is 19.9 Å². The largest absolute Gasteiger partial charge is 0.451 e. The third-order valence-electron chi connectivity index (χ3n) is 11.4. The van der Waals surface area contributed by atoms with Crippen LogP contribution in [0.5, 0.6) is 0 Å². The summed E-state index contributed by atoms with van der Waals surface area (Å²) in [6, 6.07) is 3.00. The van der Waals surface area contributed by atoms with Gasteiger partial charge in [0.1, 0.15) is 34.2 Å². The van der Waals surface area contributed by atoms with Crippen molar-refractivity contribution in [1.29, 1.82) is 0 Å². The lowest BCUT2D eigenvalue weighted by atomic mass is 9.52. The molecule has 11 heteroatoms. The van der Waals surface area contributed by atoms with Gasteiger partial charge in [-0.15, -0.1) is 0 Å². The molecule has 36 heavy (non-hydrogen) atoms. The fraction of sp³-hybridized carbons (Fsp3) is 0.800. The summed E-state index contributed by atoms with van der Waals surface area (Å²) in [6.45, 7) is 7.23. The highest BCUT2D eigenvalue weighted by atomic mass is 16.7. The van der Waals surface area contributed by atoms with E-state index in [2.05, 4.69) is 4.98 Å². The first-order valence-electron chi connectivity index (χ1n) is 12.4. The number of aliphatic hydroxyl groups is 7. The van der Waals surface area contributed by atoms with Crippen LogP contribution in [0.15, 0.2) is 18.3 Å². The summed E-state index contributed by atoms with van der Waals surface area (Å²) in [7, 11) is 0. The Morgan fingerprint density at radius 2 is 1.75 bits per heavy atom. The van der Waals surface area contributed by atoms with Crippen LogP contribution in [-0.4, -0.2) is 98.3 Å². The molecule has 6 fully saturated rings. The van der Waals surface area contributed by atoms with E-state index in [9.17, 15) is 40.5 Å². The summed E-state index contributed by atoms with van der Waals surface area (Å²) in [5.74, 6) is -4.14. The number of hydrogen-bond acceptors (Lipinski definition) is 10. The Balaban J connectivity index is 1.70. The summed E-state index contributed by atoms with van der Waals surface area (Å²) < 4.78 is 11.9. The van der Waals surface area contributed by atoms with Crippen LogP contribution in [0.2, 0.25) is 0 Å². The van der Waals surface area contributed by atoms with Gasteiger partial charge in [-0.2, -0.15) is 0 Å². The van der Waals surface area contributed by atoms with Crippen LogP contribution in [0.1, 0.15) is 64.4 Å². The number of ether oxygens (including phenoxy) is 2. The molecule has 11 nitrogen and oxygen atoms in total. The first-order chi connectivity index (χ1) is 16.3. The van der Waals surface area contributed by atoms with Crippen LogP contribution >= 0.6 is 0 Å². The van der Waals surface area contributed by atoms with Gasteiger partial charge in [0.2, 0.25) is 0 Å². The van der Waals surface area contributed by atoms with E-state index in [1.165, 1.54) is 33.0 Å². The number of aromatic nitrogens is 1. The Morgan fingerprint density at radius 1 is 1.11 bits per heavy atom. The Labute approximate surface area is 207 Å². The van der Waals surface area contributed by atoms with E-state index in [-0.39, 0.29) is 18.5 Å². The number of hydrogen-bond donors (Lipinski definition) is 8. The molecule has 0 radical (unpaired) electrons. The third kappa shape index (κ3) is 1.77. The lowest BCUT2D eigenvalue weighted by molar-refractivity contribution is -0.398. The summed E-state index contributed by atoms with van der Waals surface area (Å²) >= 11 is 0. The van der Waals surface area contributed by atoms with Gasteiger partial charge in [-0.05, 0) is 44.7 Å².